The molecule has 0 spiro atoms. The Balaban J connectivity index is 2.99. The average Bonchev–Trinajstić information content (AvgIpc) is 2.19. The van der Waals surface area contributed by atoms with Crippen LogP contribution in [0, 0.1) is 11.6 Å². The minimum atomic E-state index is -0.954. The zero-order chi connectivity index (χ0) is 13.9. The quantitative estimate of drug-likeness (QED) is 0.846. The van der Waals surface area contributed by atoms with Crippen LogP contribution in [0.1, 0.15) is 32.4 Å². The summed E-state index contributed by atoms with van der Waals surface area (Å²) in [6.07, 6.45) is 0. The standard InChI is InChI=1S/C13H17F2NO2/c1-13(2,3)18-12(17)11(16-4)9-6-5-8(14)7-10(9)15/h5-7,11,16H,1-4H3. The summed E-state index contributed by atoms with van der Waals surface area (Å²) in [5.74, 6) is -2.06. The number of likely N-dealkylation sites (N-methyl/N-ethyl adjacent to an activating group) is 1. The van der Waals surface area contributed by atoms with E-state index in [0.29, 0.717) is 0 Å². The SMILES string of the molecule is CNC(C(=O)OC(C)(C)C)c1ccc(F)cc1F. The zero-order valence-electron chi connectivity index (χ0n) is 10.9. The van der Waals surface area contributed by atoms with Crippen LogP contribution in [-0.4, -0.2) is 18.6 Å². The molecule has 0 bridgehead atoms. The van der Waals surface area contributed by atoms with Gasteiger partial charge in [0, 0.05) is 11.6 Å². The maximum absolute atomic E-state index is 13.6. The molecule has 1 rings (SSSR count). The number of hydrogen-bond acceptors (Lipinski definition) is 3. The largest absolute Gasteiger partial charge is 0.459 e. The van der Waals surface area contributed by atoms with Gasteiger partial charge in [-0.1, -0.05) is 6.07 Å². The zero-order valence-corrected chi connectivity index (χ0v) is 10.9. The minimum absolute atomic E-state index is 0.0631. The molecule has 100 valence electrons. The van der Waals surface area contributed by atoms with Crippen molar-refractivity contribution in [2.45, 2.75) is 32.4 Å². The molecule has 0 aliphatic rings. The van der Waals surface area contributed by atoms with E-state index in [2.05, 4.69) is 5.32 Å². The number of halogens is 2. The minimum Gasteiger partial charge on any atom is -0.459 e. The third-order valence-electron chi connectivity index (χ3n) is 2.20. The fraction of sp³-hybridized carbons (Fsp3) is 0.462. The Kier molecular flexibility index (Phi) is 4.40. The van der Waals surface area contributed by atoms with Gasteiger partial charge in [0.1, 0.15) is 23.3 Å². The van der Waals surface area contributed by atoms with Crippen LogP contribution in [0.15, 0.2) is 18.2 Å². The summed E-state index contributed by atoms with van der Waals surface area (Å²) in [5.41, 5.74) is -0.601. The molecule has 1 unspecified atom stereocenters. The third kappa shape index (κ3) is 3.77. The van der Waals surface area contributed by atoms with E-state index < -0.39 is 29.2 Å². The fourth-order valence-electron chi connectivity index (χ4n) is 1.50. The highest BCUT2D eigenvalue weighted by molar-refractivity contribution is 5.78. The Labute approximate surface area is 105 Å². The lowest BCUT2D eigenvalue weighted by atomic mass is 10.1. The Morgan fingerprint density at radius 2 is 1.94 bits per heavy atom. The molecule has 0 saturated heterocycles. The van der Waals surface area contributed by atoms with Gasteiger partial charge in [0.2, 0.25) is 0 Å². The third-order valence-corrected chi connectivity index (χ3v) is 2.20. The molecule has 0 aliphatic carbocycles. The topological polar surface area (TPSA) is 38.3 Å². The highest BCUT2D eigenvalue weighted by Crippen LogP contribution is 2.21. The molecule has 0 saturated carbocycles. The monoisotopic (exact) mass is 257 g/mol. The molecule has 0 heterocycles. The number of nitrogens with one attached hydrogen (secondary N) is 1. The van der Waals surface area contributed by atoms with Crippen molar-refractivity contribution >= 4 is 5.97 Å². The summed E-state index contributed by atoms with van der Waals surface area (Å²) < 4.78 is 31.6. The van der Waals surface area contributed by atoms with Gasteiger partial charge in [-0.2, -0.15) is 0 Å². The Bertz CT molecular complexity index is 441. The van der Waals surface area contributed by atoms with Crippen LogP contribution in [-0.2, 0) is 9.53 Å². The summed E-state index contributed by atoms with van der Waals surface area (Å²) in [7, 11) is 1.51. The van der Waals surface area contributed by atoms with Crippen molar-refractivity contribution in [1.82, 2.24) is 5.32 Å². The number of ether oxygens (including phenoxy) is 1. The number of benzene rings is 1. The molecular formula is C13H17F2NO2. The molecule has 1 aromatic rings. The van der Waals surface area contributed by atoms with E-state index in [4.69, 9.17) is 4.74 Å². The van der Waals surface area contributed by atoms with Crippen molar-refractivity contribution in [3.8, 4) is 0 Å². The van der Waals surface area contributed by atoms with Crippen LogP contribution in [0.5, 0.6) is 0 Å². The molecule has 0 aliphatic heterocycles. The summed E-state index contributed by atoms with van der Waals surface area (Å²) in [6, 6.07) is 2.12. The van der Waals surface area contributed by atoms with E-state index in [9.17, 15) is 13.6 Å². The number of carbonyl (C=O) groups excluding carboxylic acids is 1. The van der Waals surface area contributed by atoms with E-state index in [0.717, 1.165) is 12.1 Å². The number of rotatable bonds is 3. The molecule has 18 heavy (non-hydrogen) atoms. The molecule has 0 aromatic heterocycles. The van der Waals surface area contributed by atoms with Crippen molar-refractivity contribution in [3.63, 3.8) is 0 Å². The van der Waals surface area contributed by atoms with E-state index in [1.807, 2.05) is 0 Å². The number of esters is 1. The predicted octanol–water partition coefficient (Wildman–Crippen LogP) is 2.57. The summed E-state index contributed by atoms with van der Waals surface area (Å²) in [4.78, 5) is 11.9. The Morgan fingerprint density at radius 1 is 1.33 bits per heavy atom. The maximum atomic E-state index is 13.6. The lowest BCUT2D eigenvalue weighted by Gasteiger charge is -2.24. The van der Waals surface area contributed by atoms with E-state index in [1.165, 1.54) is 13.1 Å². The first-order valence-electron chi connectivity index (χ1n) is 5.59. The molecule has 0 fully saturated rings. The Morgan fingerprint density at radius 3 is 2.39 bits per heavy atom. The van der Waals surface area contributed by atoms with Gasteiger partial charge < -0.3 is 10.1 Å². The molecule has 1 N–H and O–H groups in total. The van der Waals surface area contributed by atoms with E-state index in [1.54, 1.807) is 20.8 Å². The highest BCUT2D eigenvalue weighted by atomic mass is 19.1. The van der Waals surface area contributed by atoms with Crippen molar-refractivity contribution in [2.24, 2.45) is 0 Å². The second-order valence-corrected chi connectivity index (χ2v) is 4.92. The first-order valence-corrected chi connectivity index (χ1v) is 5.59. The molecular weight excluding hydrogens is 240 g/mol. The summed E-state index contributed by atoms with van der Waals surface area (Å²) in [5, 5.41) is 2.66. The molecule has 1 atom stereocenters. The first-order chi connectivity index (χ1) is 8.24. The van der Waals surface area contributed by atoms with E-state index >= 15 is 0 Å². The maximum Gasteiger partial charge on any atom is 0.328 e. The lowest BCUT2D eigenvalue weighted by Crippen LogP contribution is -2.33. The smallest absolute Gasteiger partial charge is 0.328 e. The van der Waals surface area contributed by atoms with E-state index in [-0.39, 0.29) is 5.56 Å². The highest BCUT2D eigenvalue weighted by Gasteiger charge is 2.27. The van der Waals surface area contributed by atoms with Gasteiger partial charge in [-0.05, 0) is 33.9 Å². The lowest BCUT2D eigenvalue weighted by molar-refractivity contribution is -0.157. The van der Waals surface area contributed by atoms with Crippen molar-refractivity contribution in [3.05, 3.63) is 35.4 Å². The van der Waals surface area contributed by atoms with Gasteiger partial charge in [0.05, 0.1) is 0 Å². The van der Waals surface area contributed by atoms with Gasteiger partial charge in [0.15, 0.2) is 0 Å². The van der Waals surface area contributed by atoms with Crippen LogP contribution in [0.3, 0.4) is 0 Å². The predicted molar refractivity (Wildman–Crippen MR) is 64.0 cm³/mol. The average molecular weight is 257 g/mol. The first kappa shape index (κ1) is 14.6. The van der Waals surface area contributed by atoms with Crippen LogP contribution in [0.25, 0.3) is 0 Å². The second kappa shape index (κ2) is 5.44. The van der Waals surface area contributed by atoms with Crippen LogP contribution >= 0.6 is 0 Å². The van der Waals surface area contributed by atoms with Gasteiger partial charge in [-0.25, -0.2) is 13.6 Å². The van der Waals surface area contributed by atoms with Crippen LogP contribution < -0.4 is 5.32 Å². The van der Waals surface area contributed by atoms with Crippen molar-refractivity contribution in [2.75, 3.05) is 7.05 Å². The molecule has 0 radical (unpaired) electrons. The van der Waals surface area contributed by atoms with Gasteiger partial charge in [-0.3, -0.25) is 0 Å². The van der Waals surface area contributed by atoms with Crippen LogP contribution in [0.4, 0.5) is 8.78 Å². The normalized spacial score (nSPS) is 13.2. The van der Waals surface area contributed by atoms with Crippen molar-refractivity contribution in [1.29, 1.82) is 0 Å². The Hall–Kier alpha value is -1.49. The second-order valence-electron chi connectivity index (χ2n) is 4.92. The number of carbonyl (C=O) groups is 1. The molecule has 5 heteroatoms. The fourth-order valence-corrected chi connectivity index (χ4v) is 1.50. The summed E-state index contributed by atoms with van der Waals surface area (Å²) >= 11 is 0. The van der Waals surface area contributed by atoms with Gasteiger partial charge in [-0.15, -0.1) is 0 Å². The summed E-state index contributed by atoms with van der Waals surface area (Å²) in [6.45, 7) is 5.16. The number of hydrogen-bond donors (Lipinski definition) is 1. The molecule has 0 amide bonds. The van der Waals surface area contributed by atoms with Crippen molar-refractivity contribution < 1.29 is 18.3 Å². The van der Waals surface area contributed by atoms with Crippen LogP contribution in [0.2, 0.25) is 0 Å². The molecule has 1 aromatic carbocycles. The molecule has 3 nitrogen and oxygen atoms in total. The van der Waals surface area contributed by atoms with Gasteiger partial charge >= 0.3 is 5.97 Å². The van der Waals surface area contributed by atoms with Gasteiger partial charge in [0.25, 0.3) is 0 Å².